The molecule has 0 aliphatic carbocycles. The van der Waals surface area contributed by atoms with E-state index >= 15 is 0 Å². The summed E-state index contributed by atoms with van der Waals surface area (Å²) in [6.07, 6.45) is 3.38. The van der Waals surface area contributed by atoms with Crippen LogP contribution in [0.15, 0.2) is 12.1 Å². The van der Waals surface area contributed by atoms with E-state index in [-0.39, 0.29) is 6.42 Å². The molecule has 1 rings (SSSR count). The molecule has 20 heavy (non-hydrogen) atoms. The number of hydrogen-bond acceptors (Lipinski definition) is 2. The number of aliphatic carboxylic acids is 1. The van der Waals surface area contributed by atoms with Gasteiger partial charge in [-0.25, -0.2) is 0 Å². The Kier molecular flexibility index (Phi) is 6.73. The predicted octanol–water partition coefficient (Wildman–Crippen LogP) is 3.66. The van der Waals surface area contributed by atoms with Crippen LogP contribution in [0, 0.1) is 0 Å². The van der Waals surface area contributed by atoms with Crippen LogP contribution in [0.5, 0.6) is 0 Å². The molecular formula is C17H26O3. The van der Waals surface area contributed by atoms with Crippen molar-refractivity contribution in [3.8, 4) is 0 Å². The Labute approximate surface area is 121 Å². The van der Waals surface area contributed by atoms with Crippen LogP contribution in [-0.4, -0.2) is 16.2 Å². The summed E-state index contributed by atoms with van der Waals surface area (Å²) in [5, 5.41) is 19.1. The Bertz CT molecular complexity index is 427. The summed E-state index contributed by atoms with van der Waals surface area (Å²) in [6.45, 7) is 6.33. The van der Waals surface area contributed by atoms with E-state index in [2.05, 4.69) is 32.9 Å². The van der Waals surface area contributed by atoms with Gasteiger partial charge < -0.3 is 10.2 Å². The van der Waals surface area contributed by atoms with Crippen LogP contribution in [0.2, 0.25) is 0 Å². The number of aryl methyl sites for hydroxylation is 3. The van der Waals surface area contributed by atoms with Crippen molar-refractivity contribution in [2.45, 2.75) is 65.4 Å². The summed E-state index contributed by atoms with van der Waals surface area (Å²) in [5.41, 5.74) is 4.73. The molecule has 0 aliphatic rings. The molecule has 0 saturated heterocycles. The molecule has 1 atom stereocenters. The lowest BCUT2D eigenvalue weighted by Crippen LogP contribution is -2.08. The topological polar surface area (TPSA) is 57.5 Å². The van der Waals surface area contributed by atoms with Crippen LogP contribution < -0.4 is 0 Å². The number of benzene rings is 1. The maximum absolute atomic E-state index is 10.6. The number of carboxylic acid groups (broad SMARTS) is 1. The lowest BCUT2D eigenvalue weighted by atomic mass is 9.89. The lowest BCUT2D eigenvalue weighted by Gasteiger charge is -2.20. The van der Waals surface area contributed by atoms with Crippen LogP contribution in [0.25, 0.3) is 0 Å². The zero-order valence-corrected chi connectivity index (χ0v) is 12.8. The minimum Gasteiger partial charge on any atom is -0.481 e. The van der Waals surface area contributed by atoms with Gasteiger partial charge in [-0.3, -0.25) is 4.79 Å². The third-order valence-corrected chi connectivity index (χ3v) is 3.78. The molecule has 1 aromatic rings. The lowest BCUT2D eigenvalue weighted by molar-refractivity contribution is -0.137. The molecule has 3 heteroatoms. The summed E-state index contributed by atoms with van der Waals surface area (Å²) in [4.78, 5) is 10.6. The first-order chi connectivity index (χ1) is 9.53. The van der Waals surface area contributed by atoms with Crippen LogP contribution in [0.3, 0.4) is 0 Å². The van der Waals surface area contributed by atoms with Crippen molar-refractivity contribution >= 4 is 5.97 Å². The molecule has 0 spiro atoms. The SMILES string of the molecule is CCc1cc(CC)c(C(O)CCCC(=O)O)c(CC)c1. The summed E-state index contributed by atoms with van der Waals surface area (Å²) in [6, 6.07) is 4.35. The smallest absolute Gasteiger partial charge is 0.303 e. The van der Waals surface area contributed by atoms with Gasteiger partial charge in [-0.1, -0.05) is 32.9 Å². The van der Waals surface area contributed by atoms with Crippen LogP contribution >= 0.6 is 0 Å². The van der Waals surface area contributed by atoms with Crippen molar-refractivity contribution in [1.82, 2.24) is 0 Å². The molecular weight excluding hydrogens is 252 g/mol. The Hall–Kier alpha value is -1.35. The van der Waals surface area contributed by atoms with Crippen LogP contribution in [-0.2, 0) is 24.1 Å². The fourth-order valence-corrected chi connectivity index (χ4v) is 2.66. The summed E-state index contributed by atoms with van der Waals surface area (Å²) < 4.78 is 0. The molecule has 0 aliphatic heterocycles. The monoisotopic (exact) mass is 278 g/mol. The fraction of sp³-hybridized carbons (Fsp3) is 0.588. The molecule has 0 radical (unpaired) electrons. The maximum Gasteiger partial charge on any atom is 0.303 e. The summed E-state index contributed by atoms with van der Waals surface area (Å²) in [5.74, 6) is -0.801. The van der Waals surface area contributed by atoms with E-state index < -0.39 is 12.1 Å². The number of hydrogen-bond donors (Lipinski definition) is 2. The molecule has 0 heterocycles. The van der Waals surface area contributed by atoms with Crippen molar-refractivity contribution in [2.75, 3.05) is 0 Å². The highest BCUT2D eigenvalue weighted by molar-refractivity contribution is 5.66. The average molecular weight is 278 g/mol. The second-order valence-corrected chi connectivity index (χ2v) is 5.19. The van der Waals surface area contributed by atoms with E-state index in [1.165, 1.54) is 16.7 Å². The molecule has 0 aromatic heterocycles. The van der Waals surface area contributed by atoms with Gasteiger partial charge in [0.05, 0.1) is 6.10 Å². The van der Waals surface area contributed by atoms with Crippen molar-refractivity contribution in [2.24, 2.45) is 0 Å². The third kappa shape index (κ3) is 4.34. The van der Waals surface area contributed by atoms with Gasteiger partial charge >= 0.3 is 5.97 Å². The van der Waals surface area contributed by atoms with E-state index in [1.54, 1.807) is 0 Å². The molecule has 0 fully saturated rings. The van der Waals surface area contributed by atoms with E-state index in [0.717, 1.165) is 24.8 Å². The van der Waals surface area contributed by atoms with E-state index in [0.29, 0.717) is 12.8 Å². The first-order valence-electron chi connectivity index (χ1n) is 7.57. The zero-order chi connectivity index (χ0) is 15.1. The number of carbonyl (C=O) groups is 1. The Balaban J connectivity index is 2.98. The summed E-state index contributed by atoms with van der Waals surface area (Å²) in [7, 11) is 0. The highest BCUT2D eigenvalue weighted by Gasteiger charge is 2.17. The highest BCUT2D eigenvalue weighted by Crippen LogP contribution is 2.29. The quantitative estimate of drug-likeness (QED) is 0.763. The van der Waals surface area contributed by atoms with Crippen molar-refractivity contribution < 1.29 is 15.0 Å². The average Bonchev–Trinajstić information content (AvgIpc) is 2.44. The Morgan fingerprint density at radius 1 is 1.10 bits per heavy atom. The Morgan fingerprint density at radius 2 is 1.65 bits per heavy atom. The third-order valence-electron chi connectivity index (χ3n) is 3.78. The summed E-state index contributed by atoms with van der Waals surface area (Å²) >= 11 is 0. The number of aliphatic hydroxyl groups excluding tert-OH is 1. The van der Waals surface area contributed by atoms with Crippen molar-refractivity contribution in [3.63, 3.8) is 0 Å². The fourth-order valence-electron chi connectivity index (χ4n) is 2.66. The number of carboxylic acids is 1. The van der Waals surface area contributed by atoms with Crippen molar-refractivity contribution in [3.05, 3.63) is 34.4 Å². The number of aliphatic hydroxyl groups is 1. The molecule has 112 valence electrons. The largest absolute Gasteiger partial charge is 0.481 e. The standard InChI is InChI=1S/C17H26O3/c1-4-12-10-13(5-2)17(14(6-3)11-12)15(18)8-7-9-16(19)20/h10-11,15,18H,4-9H2,1-3H3,(H,19,20). The zero-order valence-electron chi connectivity index (χ0n) is 12.8. The van der Waals surface area contributed by atoms with Gasteiger partial charge in [0.25, 0.3) is 0 Å². The molecule has 0 amide bonds. The first kappa shape index (κ1) is 16.7. The van der Waals surface area contributed by atoms with E-state index in [9.17, 15) is 9.90 Å². The van der Waals surface area contributed by atoms with Crippen LogP contribution in [0.4, 0.5) is 0 Å². The second-order valence-electron chi connectivity index (χ2n) is 5.19. The molecule has 2 N–H and O–H groups in total. The van der Waals surface area contributed by atoms with Gasteiger partial charge in [0.15, 0.2) is 0 Å². The second kappa shape index (κ2) is 8.05. The number of rotatable bonds is 8. The van der Waals surface area contributed by atoms with E-state index in [4.69, 9.17) is 5.11 Å². The van der Waals surface area contributed by atoms with Gasteiger partial charge in [0, 0.05) is 6.42 Å². The first-order valence-corrected chi connectivity index (χ1v) is 7.57. The van der Waals surface area contributed by atoms with Gasteiger partial charge in [-0.2, -0.15) is 0 Å². The highest BCUT2D eigenvalue weighted by atomic mass is 16.4. The van der Waals surface area contributed by atoms with E-state index in [1.807, 2.05) is 0 Å². The van der Waals surface area contributed by atoms with Crippen molar-refractivity contribution in [1.29, 1.82) is 0 Å². The molecule has 1 unspecified atom stereocenters. The molecule has 1 aromatic carbocycles. The van der Waals surface area contributed by atoms with Gasteiger partial charge in [0.1, 0.15) is 0 Å². The maximum atomic E-state index is 10.6. The minimum absolute atomic E-state index is 0.118. The molecule has 0 bridgehead atoms. The normalized spacial score (nSPS) is 12.4. The molecule has 0 saturated carbocycles. The Morgan fingerprint density at radius 3 is 2.05 bits per heavy atom. The predicted molar refractivity (Wildman–Crippen MR) is 81.0 cm³/mol. The van der Waals surface area contributed by atoms with Crippen LogP contribution in [0.1, 0.15) is 68.4 Å². The minimum atomic E-state index is -0.801. The van der Waals surface area contributed by atoms with Gasteiger partial charge in [-0.15, -0.1) is 0 Å². The van der Waals surface area contributed by atoms with Gasteiger partial charge in [0.2, 0.25) is 0 Å². The molecule has 3 nitrogen and oxygen atoms in total. The van der Waals surface area contributed by atoms with Gasteiger partial charge in [-0.05, 0) is 54.4 Å².